The highest BCUT2D eigenvalue weighted by Crippen LogP contribution is 2.29. The first-order valence-electron chi connectivity index (χ1n) is 5.88. The molecule has 1 aromatic rings. The standard InChI is InChI=1S/C16H18O/c1-11-6-5-7-15-9-8-12(2)14(4)16(15)17-13(3)10-11/h5-6,8-10H,3,7H2,1-2,4H3/b6-5-,11-10-. The summed E-state index contributed by atoms with van der Waals surface area (Å²) in [5, 5.41) is 0. The van der Waals surface area contributed by atoms with Crippen LogP contribution in [0.2, 0.25) is 0 Å². The van der Waals surface area contributed by atoms with E-state index in [0.29, 0.717) is 5.76 Å². The van der Waals surface area contributed by atoms with Gasteiger partial charge in [0.25, 0.3) is 0 Å². The molecule has 0 aliphatic carbocycles. The summed E-state index contributed by atoms with van der Waals surface area (Å²) >= 11 is 0. The molecule has 1 heterocycles. The van der Waals surface area contributed by atoms with Gasteiger partial charge in [-0.25, -0.2) is 0 Å². The van der Waals surface area contributed by atoms with Crippen LogP contribution in [0.15, 0.2) is 48.3 Å². The number of rotatable bonds is 0. The zero-order valence-corrected chi connectivity index (χ0v) is 10.7. The Morgan fingerprint density at radius 3 is 2.71 bits per heavy atom. The summed E-state index contributed by atoms with van der Waals surface area (Å²) in [7, 11) is 0. The van der Waals surface area contributed by atoms with Crippen LogP contribution in [0.3, 0.4) is 0 Å². The van der Waals surface area contributed by atoms with Gasteiger partial charge in [-0.3, -0.25) is 0 Å². The number of hydrogen-bond acceptors (Lipinski definition) is 1. The maximum atomic E-state index is 5.89. The first kappa shape index (κ1) is 11.7. The topological polar surface area (TPSA) is 9.23 Å². The predicted molar refractivity (Wildman–Crippen MR) is 72.3 cm³/mol. The smallest absolute Gasteiger partial charge is 0.134 e. The Kier molecular flexibility index (Phi) is 3.19. The minimum Gasteiger partial charge on any atom is -0.457 e. The van der Waals surface area contributed by atoms with E-state index in [0.717, 1.165) is 17.7 Å². The van der Waals surface area contributed by atoms with Crippen LogP contribution in [-0.2, 0) is 6.42 Å². The molecule has 0 N–H and O–H groups in total. The Morgan fingerprint density at radius 1 is 1.18 bits per heavy atom. The number of benzene rings is 1. The summed E-state index contributed by atoms with van der Waals surface area (Å²) in [5.74, 6) is 1.66. The average Bonchev–Trinajstić information content (AvgIpc) is 2.33. The second-order valence-corrected chi connectivity index (χ2v) is 4.56. The molecule has 0 atom stereocenters. The van der Waals surface area contributed by atoms with Crippen molar-refractivity contribution in [3.63, 3.8) is 0 Å². The zero-order chi connectivity index (χ0) is 12.4. The summed E-state index contributed by atoms with van der Waals surface area (Å²) in [6.45, 7) is 10.2. The van der Waals surface area contributed by atoms with Crippen molar-refractivity contribution in [2.24, 2.45) is 0 Å². The zero-order valence-electron chi connectivity index (χ0n) is 10.7. The van der Waals surface area contributed by atoms with Crippen LogP contribution in [-0.4, -0.2) is 0 Å². The maximum Gasteiger partial charge on any atom is 0.134 e. The molecule has 17 heavy (non-hydrogen) atoms. The lowest BCUT2D eigenvalue weighted by Crippen LogP contribution is -1.99. The maximum absolute atomic E-state index is 5.89. The molecule has 0 spiro atoms. The molecular weight excluding hydrogens is 208 g/mol. The van der Waals surface area contributed by atoms with Gasteiger partial charge in [0.05, 0.1) is 0 Å². The Balaban J connectivity index is 2.52. The second kappa shape index (κ2) is 4.62. The molecule has 0 aromatic heterocycles. The number of ether oxygens (including phenoxy) is 1. The van der Waals surface area contributed by atoms with Gasteiger partial charge in [0.15, 0.2) is 0 Å². The Hall–Kier alpha value is -1.76. The normalized spacial score (nSPS) is 20.2. The van der Waals surface area contributed by atoms with Crippen LogP contribution in [0.25, 0.3) is 0 Å². The van der Waals surface area contributed by atoms with Gasteiger partial charge >= 0.3 is 0 Å². The molecule has 0 amide bonds. The second-order valence-electron chi connectivity index (χ2n) is 4.56. The van der Waals surface area contributed by atoms with Gasteiger partial charge in [-0.1, -0.05) is 30.9 Å². The lowest BCUT2D eigenvalue weighted by molar-refractivity contribution is 0.438. The van der Waals surface area contributed by atoms with E-state index in [1.165, 1.54) is 16.7 Å². The quantitative estimate of drug-likeness (QED) is 0.642. The van der Waals surface area contributed by atoms with E-state index in [1.54, 1.807) is 0 Å². The molecule has 0 unspecified atom stereocenters. The van der Waals surface area contributed by atoms with Crippen LogP contribution < -0.4 is 4.74 Å². The van der Waals surface area contributed by atoms with Gasteiger partial charge < -0.3 is 4.74 Å². The molecule has 0 bridgehead atoms. The molecule has 2 rings (SSSR count). The summed E-state index contributed by atoms with van der Waals surface area (Å²) < 4.78 is 5.89. The van der Waals surface area contributed by atoms with Crippen LogP contribution in [0.1, 0.15) is 23.6 Å². The monoisotopic (exact) mass is 226 g/mol. The highest BCUT2D eigenvalue weighted by molar-refractivity contribution is 5.48. The number of hydrogen-bond donors (Lipinski definition) is 0. The third-order valence-corrected chi connectivity index (χ3v) is 3.10. The van der Waals surface area contributed by atoms with E-state index >= 15 is 0 Å². The summed E-state index contributed by atoms with van der Waals surface area (Å²) in [6, 6.07) is 4.28. The van der Waals surface area contributed by atoms with Crippen molar-refractivity contribution in [1.29, 1.82) is 0 Å². The van der Waals surface area contributed by atoms with E-state index < -0.39 is 0 Å². The van der Waals surface area contributed by atoms with Crippen molar-refractivity contribution in [2.45, 2.75) is 27.2 Å². The SMILES string of the molecule is C=C1/C=C(C)\C=C/Cc2ccc(C)c(C)c2O1. The molecule has 0 fully saturated rings. The van der Waals surface area contributed by atoms with Crippen LogP contribution in [0, 0.1) is 13.8 Å². The van der Waals surface area contributed by atoms with Gasteiger partial charge in [0.1, 0.15) is 11.5 Å². The third-order valence-electron chi connectivity index (χ3n) is 3.10. The lowest BCUT2D eigenvalue weighted by atomic mass is 10.0. The Morgan fingerprint density at radius 2 is 1.94 bits per heavy atom. The largest absolute Gasteiger partial charge is 0.457 e. The first-order valence-corrected chi connectivity index (χ1v) is 5.88. The highest BCUT2D eigenvalue weighted by atomic mass is 16.5. The van der Waals surface area contributed by atoms with Gasteiger partial charge in [0.2, 0.25) is 0 Å². The third kappa shape index (κ3) is 2.50. The Bertz CT molecular complexity index is 519. The molecule has 0 saturated heterocycles. The highest BCUT2D eigenvalue weighted by Gasteiger charge is 2.10. The van der Waals surface area contributed by atoms with Crippen molar-refractivity contribution >= 4 is 0 Å². The molecular formula is C16H18O. The van der Waals surface area contributed by atoms with E-state index in [2.05, 4.69) is 51.6 Å². The van der Waals surface area contributed by atoms with E-state index in [-0.39, 0.29) is 0 Å². The van der Waals surface area contributed by atoms with Crippen LogP contribution in [0.5, 0.6) is 5.75 Å². The lowest BCUT2D eigenvalue weighted by Gasteiger charge is -2.14. The Labute approximate surface area is 103 Å². The van der Waals surface area contributed by atoms with Crippen molar-refractivity contribution in [3.05, 3.63) is 65.0 Å². The molecule has 1 aliphatic heterocycles. The number of allylic oxidation sites excluding steroid dienone is 4. The minimum atomic E-state index is 0.698. The molecule has 1 heteroatoms. The van der Waals surface area contributed by atoms with E-state index in [1.807, 2.05) is 6.08 Å². The fourth-order valence-electron chi connectivity index (χ4n) is 1.98. The van der Waals surface area contributed by atoms with Gasteiger partial charge in [-0.2, -0.15) is 0 Å². The van der Waals surface area contributed by atoms with Gasteiger partial charge in [0, 0.05) is 0 Å². The predicted octanol–water partition coefficient (Wildman–Crippen LogP) is 4.25. The molecule has 0 saturated carbocycles. The summed E-state index contributed by atoms with van der Waals surface area (Å²) in [6.07, 6.45) is 7.14. The van der Waals surface area contributed by atoms with Gasteiger partial charge in [-0.15, -0.1) is 0 Å². The molecule has 1 aliphatic rings. The molecule has 0 radical (unpaired) electrons. The van der Waals surface area contributed by atoms with Crippen LogP contribution >= 0.6 is 0 Å². The fraction of sp³-hybridized carbons (Fsp3) is 0.250. The van der Waals surface area contributed by atoms with Gasteiger partial charge in [-0.05, 0) is 55.5 Å². The molecule has 1 nitrogen and oxygen atoms in total. The van der Waals surface area contributed by atoms with E-state index in [4.69, 9.17) is 4.74 Å². The molecule has 88 valence electrons. The van der Waals surface area contributed by atoms with E-state index in [9.17, 15) is 0 Å². The van der Waals surface area contributed by atoms with Crippen molar-refractivity contribution < 1.29 is 4.74 Å². The number of aryl methyl sites for hydroxylation is 1. The summed E-state index contributed by atoms with van der Waals surface area (Å²) in [5.41, 5.74) is 4.83. The minimum absolute atomic E-state index is 0.698. The van der Waals surface area contributed by atoms with Crippen LogP contribution in [0.4, 0.5) is 0 Å². The number of fused-ring (bicyclic) bond motifs is 1. The summed E-state index contributed by atoms with van der Waals surface area (Å²) in [4.78, 5) is 0. The fourth-order valence-corrected chi connectivity index (χ4v) is 1.98. The molecule has 1 aromatic carbocycles. The van der Waals surface area contributed by atoms with Crippen molar-refractivity contribution in [2.75, 3.05) is 0 Å². The van der Waals surface area contributed by atoms with Crippen molar-refractivity contribution in [3.8, 4) is 5.75 Å². The average molecular weight is 226 g/mol. The first-order chi connectivity index (χ1) is 8.08. The van der Waals surface area contributed by atoms with Crippen molar-refractivity contribution in [1.82, 2.24) is 0 Å².